The third kappa shape index (κ3) is 3.93. The van der Waals surface area contributed by atoms with E-state index in [9.17, 15) is 13.2 Å². The van der Waals surface area contributed by atoms with Crippen molar-refractivity contribution in [3.63, 3.8) is 0 Å². The zero-order valence-corrected chi connectivity index (χ0v) is 16.2. The van der Waals surface area contributed by atoms with Crippen LogP contribution in [0.15, 0.2) is 30.3 Å². The first-order chi connectivity index (χ1) is 13.0. The van der Waals surface area contributed by atoms with Crippen molar-refractivity contribution in [2.45, 2.75) is 44.6 Å². The lowest BCUT2D eigenvalue weighted by Crippen LogP contribution is -2.27. The lowest BCUT2D eigenvalue weighted by Gasteiger charge is -2.17. The summed E-state index contributed by atoms with van der Waals surface area (Å²) in [5, 5.41) is 7.59. The van der Waals surface area contributed by atoms with E-state index in [-0.39, 0.29) is 23.5 Å². The fourth-order valence-corrected chi connectivity index (χ4v) is 5.82. The molecule has 0 spiro atoms. The van der Waals surface area contributed by atoms with Crippen LogP contribution < -0.4 is 5.32 Å². The third-order valence-corrected chi connectivity index (χ3v) is 7.27. The molecule has 1 N–H and O–H groups in total. The van der Waals surface area contributed by atoms with E-state index in [1.807, 2.05) is 35.0 Å². The standard InChI is InChI=1S/C20H25N3O3S/c24-20(21-12-10-15-6-2-1-3-7-15)19-17-8-4-5-9-18(17)23(22-19)16-11-13-27(25,26)14-16/h1-3,6-7,16H,4-5,8-14H2,(H,21,24). The Bertz CT molecular complexity index is 935. The van der Waals surface area contributed by atoms with Crippen molar-refractivity contribution in [2.75, 3.05) is 18.1 Å². The maximum atomic E-state index is 12.8. The monoisotopic (exact) mass is 387 g/mol. The van der Waals surface area contributed by atoms with Crippen LogP contribution in [-0.4, -0.2) is 42.2 Å². The highest BCUT2D eigenvalue weighted by atomic mass is 32.2. The Morgan fingerprint density at radius 2 is 1.96 bits per heavy atom. The molecule has 1 aromatic carbocycles. The number of amides is 1. The summed E-state index contributed by atoms with van der Waals surface area (Å²) in [6.07, 6.45) is 5.19. The lowest BCUT2D eigenvalue weighted by atomic mass is 9.95. The Morgan fingerprint density at radius 1 is 1.19 bits per heavy atom. The minimum absolute atomic E-state index is 0.132. The maximum absolute atomic E-state index is 12.8. The number of nitrogens with one attached hydrogen (secondary N) is 1. The van der Waals surface area contributed by atoms with Crippen molar-refractivity contribution in [3.8, 4) is 0 Å². The van der Waals surface area contributed by atoms with Crippen LogP contribution in [0, 0.1) is 0 Å². The summed E-state index contributed by atoms with van der Waals surface area (Å²) >= 11 is 0. The zero-order chi connectivity index (χ0) is 18.9. The summed E-state index contributed by atoms with van der Waals surface area (Å²) in [4.78, 5) is 12.8. The average Bonchev–Trinajstić information content (AvgIpc) is 3.22. The molecule has 4 rings (SSSR count). The second kappa shape index (κ2) is 7.46. The molecule has 7 heteroatoms. The molecular weight excluding hydrogens is 362 g/mol. The number of aromatic nitrogens is 2. The zero-order valence-electron chi connectivity index (χ0n) is 15.4. The molecule has 1 unspecified atom stereocenters. The van der Waals surface area contributed by atoms with Crippen molar-refractivity contribution in [1.82, 2.24) is 15.1 Å². The van der Waals surface area contributed by atoms with Gasteiger partial charge in [-0.05, 0) is 44.1 Å². The number of benzene rings is 1. The molecular formula is C20H25N3O3S. The van der Waals surface area contributed by atoms with Gasteiger partial charge in [0.05, 0.1) is 17.5 Å². The van der Waals surface area contributed by atoms with Crippen molar-refractivity contribution in [1.29, 1.82) is 0 Å². The molecule has 0 radical (unpaired) electrons. The fraction of sp³-hybridized carbons (Fsp3) is 0.500. The maximum Gasteiger partial charge on any atom is 0.272 e. The number of sulfone groups is 1. The summed E-state index contributed by atoms with van der Waals surface area (Å²) < 4.78 is 25.6. The van der Waals surface area contributed by atoms with E-state index in [4.69, 9.17) is 0 Å². The van der Waals surface area contributed by atoms with Crippen molar-refractivity contribution in [3.05, 3.63) is 52.8 Å². The van der Waals surface area contributed by atoms with Gasteiger partial charge in [-0.1, -0.05) is 30.3 Å². The number of hydrogen-bond donors (Lipinski definition) is 1. The molecule has 2 aliphatic rings. The predicted molar refractivity (Wildman–Crippen MR) is 104 cm³/mol. The van der Waals surface area contributed by atoms with Crippen LogP contribution >= 0.6 is 0 Å². The second-order valence-corrected chi connectivity index (χ2v) is 9.70. The Hall–Kier alpha value is -2.15. The van der Waals surface area contributed by atoms with Gasteiger partial charge in [-0.2, -0.15) is 5.10 Å². The van der Waals surface area contributed by atoms with Crippen LogP contribution in [0.1, 0.15) is 52.6 Å². The van der Waals surface area contributed by atoms with E-state index in [1.54, 1.807) is 0 Å². The van der Waals surface area contributed by atoms with Gasteiger partial charge in [0.1, 0.15) is 0 Å². The van der Waals surface area contributed by atoms with Gasteiger partial charge in [0.25, 0.3) is 5.91 Å². The van der Waals surface area contributed by atoms with Crippen LogP contribution in [0.5, 0.6) is 0 Å². The van der Waals surface area contributed by atoms with Gasteiger partial charge in [-0.15, -0.1) is 0 Å². The van der Waals surface area contributed by atoms with Gasteiger partial charge in [0.15, 0.2) is 15.5 Å². The Labute approximate surface area is 159 Å². The molecule has 0 saturated carbocycles. The summed E-state index contributed by atoms with van der Waals surface area (Å²) in [7, 11) is -2.99. The van der Waals surface area contributed by atoms with E-state index in [1.165, 1.54) is 5.56 Å². The Morgan fingerprint density at radius 3 is 2.70 bits per heavy atom. The molecule has 144 valence electrons. The highest BCUT2D eigenvalue weighted by Crippen LogP contribution is 2.31. The molecule has 2 aromatic rings. The first-order valence-corrected chi connectivity index (χ1v) is 11.5. The summed E-state index contributed by atoms with van der Waals surface area (Å²) in [5.41, 5.74) is 3.75. The number of carbonyl (C=O) groups excluding carboxylic acids is 1. The summed E-state index contributed by atoms with van der Waals surface area (Å²) in [5.74, 6) is 0.199. The van der Waals surface area contributed by atoms with Gasteiger partial charge < -0.3 is 5.32 Å². The number of rotatable bonds is 5. The SMILES string of the molecule is O=C(NCCc1ccccc1)c1nn(C2CCS(=O)(=O)C2)c2c1CCCC2. The minimum atomic E-state index is -2.99. The van der Waals surface area contributed by atoms with E-state index in [2.05, 4.69) is 10.4 Å². The first-order valence-electron chi connectivity index (χ1n) is 9.66. The fourth-order valence-electron chi connectivity index (χ4n) is 4.13. The van der Waals surface area contributed by atoms with Gasteiger partial charge in [-0.3, -0.25) is 9.48 Å². The largest absolute Gasteiger partial charge is 0.350 e. The van der Waals surface area contributed by atoms with Crippen molar-refractivity contribution < 1.29 is 13.2 Å². The van der Waals surface area contributed by atoms with Crippen LogP contribution in [0.4, 0.5) is 0 Å². The number of fused-ring (bicyclic) bond motifs is 1. The molecule has 1 atom stereocenters. The van der Waals surface area contributed by atoms with Gasteiger partial charge >= 0.3 is 0 Å². The Balaban J connectivity index is 1.51. The van der Waals surface area contributed by atoms with Gasteiger partial charge in [-0.25, -0.2) is 8.42 Å². The highest BCUT2D eigenvalue weighted by Gasteiger charge is 2.34. The normalized spacial score (nSPS) is 21.0. The molecule has 1 aliphatic heterocycles. The molecule has 1 amide bonds. The third-order valence-electron chi connectivity index (χ3n) is 5.52. The first kappa shape index (κ1) is 18.2. The molecule has 1 aromatic heterocycles. The topological polar surface area (TPSA) is 81.1 Å². The van der Waals surface area contributed by atoms with E-state index >= 15 is 0 Å². The molecule has 1 fully saturated rings. The van der Waals surface area contributed by atoms with Crippen LogP contribution in [-0.2, 0) is 29.1 Å². The smallest absolute Gasteiger partial charge is 0.272 e. The minimum Gasteiger partial charge on any atom is -0.350 e. The number of carbonyl (C=O) groups is 1. The predicted octanol–water partition coefficient (Wildman–Crippen LogP) is 2.09. The van der Waals surface area contributed by atoms with Crippen LogP contribution in [0.25, 0.3) is 0 Å². The second-order valence-electron chi connectivity index (χ2n) is 7.47. The molecule has 1 aliphatic carbocycles. The van der Waals surface area contributed by atoms with Crippen molar-refractivity contribution in [2.24, 2.45) is 0 Å². The molecule has 0 bridgehead atoms. The lowest BCUT2D eigenvalue weighted by molar-refractivity contribution is 0.0947. The summed E-state index contributed by atoms with van der Waals surface area (Å²) in [6.45, 7) is 0.558. The highest BCUT2D eigenvalue weighted by molar-refractivity contribution is 7.91. The average molecular weight is 388 g/mol. The van der Waals surface area contributed by atoms with Crippen LogP contribution in [0.2, 0.25) is 0 Å². The number of nitrogens with zero attached hydrogens (tertiary/aromatic N) is 2. The van der Waals surface area contributed by atoms with Gasteiger partial charge in [0, 0.05) is 17.8 Å². The Kier molecular flexibility index (Phi) is 5.04. The van der Waals surface area contributed by atoms with Crippen LogP contribution in [0.3, 0.4) is 0 Å². The van der Waals surface area contributed by atoms with Gasteiger partial charge in [0.2, 0.25) is 0 Å². The summed E-state index contributed by atoms with van der Waals surface area (Å²) in [6, 6.07) is 9.92. The quantitative estimate of drug-likeness (QED) is 0.852. The molecule has 2 heterocycles. The molecule has 27 heavy (non-hydrogen) atoms. The van der Waals surface area contributed by atoms with E-state index < -0.39 is 9.84 Å². The van der Waals surface area contributed by atoms with E-state index in [0.717, 1.165) is 43.4 Å². The van der Waals surface area contributed by atoms with E-state index in [0.29, 0.717) is 18.7 Å². The molecule has 1 saturated heterocycles. The number of hydrogen-bond acceptors (Lipinski definition) is 4. The van der Waals surface area contributed by atoms with Crippen molar-refractivity contribution >= 4 is 15.7 Å². The molecule has 6 nitrogen and oxygen atoms in total.